The van der Waals surface area contributed by atoms with E-state index in [2.05, 4.69) is 24.0 Å². The Morgan fingerprint density at radius 3 is 2.89 bits per heavy atom. The number of allylic oxidation sites excluding steroid dienone is 1. The molecule has 2 heteroatoms. The number of piperidine rings is 1. The van der Waals surface area contributed by atoms with Crippen molar-refractivity contribution in [2.45, 2.75) is 70.4 Å². The second-order valence-corrected chi connectivity index (χ2v) is 6.06. The molecule has 0 amide bonds. The van der Waals surface area contributed by atoms with Gasteiger partial charge < -0.3 is 5.73 Å². The summed E-state index contributed by atoms with van der Waals surface area (Å²) in [4.78, 5) is 2.70. The van der Waals surface area contributed by atoms with Crippen LogP contribution in [0.25, 0.3) is 0 Å². The Balaban J connectivity index is 1.98. The minimum atomic E-state index is 0.623. The first kappa shape index (κ1) is 14.1. The molecule has 0 aromatic carbocycles. The fraction of sp³-hybridized carbons (Fsp3) is 0.875. The van der Waals surface area contributed by atoms with Crippen LogP contribution in [0.3, 0.4) is 0 Å². The van der Waals surface area contributed by atoms with Gasteiger partial charge in [-0.2, -0.15) is 0 Å². The maximum absolute atomic E-state index is 6.02. The van der Waals surface area contributed by atoms with E-state index >= 15 is 0 Å². The summed E-state index contributed by atoms with van der Waals surface area (Å²) in [5, 5.41) is 0. The Morgan fingerprint density at radius 1 is 1.22 bits per heavy atom. The van der Waals surface area contributed by atoms with Gasteiger partial charge in [0.05, 0.1) is 0 Å². The van der Waals surface area contributed by atoms with Crippen LogP contribution in [-0.4, -0.2) is 30.1 Å². The molecule has 1 fully saturated rings. The van der Waals surface area contributed by atoms with Gasteiger partial charge in [0.15, 0.2) is 0 Å². The van der Waals surface area contributed by atoms with Gasteiger partial charge >= 0.3 is 0 Å². The van der Waals surface area contributed by atoms with Crippen LogP contribution >= 0.6 is 0 Å². The van der Waals surface area contributed by atoms with Gasteiger partial charge in [-0.25, -0.2) is 0 Å². The molecule has 2 N–H and O–H groups in total. The summed E-state index contributed by atoms with van der Waals surface area (Å²) in [6.07, 6.45) is 15.7. The summed E-state index contributed by atoms with van der Waals surface area (Å²) in [6, 6.07) is 1.29. The molecule has 104 valence electrons. The van der Waals surface area contributed by atoms with Gasteiger partial charge in [0.1, 0.15) is 0 Å². The van der Waals surface area contributed by atoms with E-state index in [1.54, 1.807) is 0 Å². The number of rotatable bonds is 3. The molecule has 3 unspecified atom stereocenters. The molecule has 2 aliphatic rings. The van der Waals surface area contributed by atoms with Gasteiger partial charge in [0.2, 0.25) is 0 Å². The molecule has 0 aromatic heterocycles. The van der Waals surface area contributed by atoms with Gasteiger partial charge in [-0.3, -0.25) is 4.90 Å². The minimum Gasteiger partial charge on any atom is -0.329 e. The molecular weight excluding hydrogens is 220 g/mol. The Labute approximate surface area is 113 Å². The van der Waals surface area contributed by atoms with Crippen LogP contribution in [-0.2, 0) is 0 Å². The number of hydrogen-bond donors (Lipinski definition) is 1. The molecule has 18 heavy (non-hydrogen) atoms. The molecule has 0 spiro atoms. The van der Waals surface area contributed by atoms with Crippen molar-refractivity contribution in [1.29, 1.82) is 0 Å². The summed E-state index contributed by atoms with van der Waals surface area (Å²) >= 11 is 0. The summed E-state index contributed by atoms with van der Waals surface area (Å²) in [5.74, 6) is 0.910. The van der Waals surface area contributed by atoms with Gasteiger partial charge in [-0.05, 0) is 44.6 Å². The summed E-state index contributed by atoms with van der Waals surface area (Å²) in [7, 11) is 0. The molecule has 0 radical (unpaired) electrons. The third-order valence-electron chi connectivity index (χ3n) is 4.87. The first-order valence-corrected chi connectivity index (χ1v) is 7.97. The molecule has 1 aliphatic heterocycles. The van der Waals surface area contributed by atoms with E-state index in [1.807, 2.05) is 0 Å². The second-order valence-electron chi connectivity index (χ2n) is 6.06. The van der Waals surface area contributed by atoms with Gasteiger partial charge in [0.25, 0.3) is 0 Å². The van der Waals surface area contributed by atoms with Crippen molar-refractivity contribution >= 4 is 0 Å². The van der Waals surface area contributed by atoms with E-state index in [4.69, 9.17) is 5.73 Å². The molecule has 3 atom stereocenters. The molecule has 2 rings (SSSR count). The molecule has 2 nitrogen and oxygen atoms in total. The van der Waals surface area contributed by atoms with Crippen LogP contribution in [0.1, 0.15) is 58.3 Å². The van der Waals surface area contributed by atoms with Crippen LogP contribution in [0.2, 0.25) is 0 Å². The summed E-state index contributed by atoms with van der Waals surface area (Å²) < 4.78 is 0. The first-order valence-electron chi connectivity index (χ1n) is 7.97. The zero-order chi connectivity index (χ0) is 12.8. The lowest BCUT2D eigenvalue weighted by Crippen LogP contribution is -2.51. The molecule has 1 saturated heterocycles. The maximum atomic E-state index is 6.02. The quantitative estimate of drug-likeness (QED) is 0.779. The normalized spacial score (nSPS) is 36.9. The fourth-order valence-corrected chi connectivity index (χ4v) is 3.61. The first-order chi connectivity index (χ1) is 8.85. The van der Waals surface area contributed by atoms with Crippen molar-refractivity contribution in [3.05, 3.63) is 12.2 Å². The second kappa shape index (κ2) is 7.30. The van der Waals surface area contributed by atoms with Gasteiger partial charge in [-0.15, -0.1) is 0 Å². The predicted octanol–water partition coefficient (Wildman–Crippen LogP) is 3.32. The highest BCUT2D eigenvalue weighted by Gasteiger charge is 2.30. The molecular formula is C16H30N2. The highest BCUT2D eigenvalue weighted by molar-refractivity contribution is 4.99. The Morgan fingerprint density at radius 2 is 2.11 bits per heavy atom. The highest BCUT2D eigenvalue weighted by atomic mass is 15.2. The molecule has 0 aromatic rings. The lowest BCUT2D eigenvalue weighted by atomic mass is 9.87. The van der Waals surface area contributed by atoms with E-state index in [-0.39, 0.29) is 0 Å². The molecule has 0 bridgehead atoms. The lowest BCUT2D eigenvalue weighted by Gasteiger charge is -2.43. The van der Waals surface area contributed by atoms with Crippen LogP contribution in [0.4, 0.5) is 0 Å². The zero-order valence-electron chi connectivity index (χ0n) is 12.0. The van der Waals surface area contributed by atoms with Crippen LogP contribution < -0.4 is 5.73 Å². The van der Waals surface area contributed by atoms with E-state index in [0.29, 0.717) is 12.1 Å². The number of nitrogens with zero attached hydrogens (tertiary/aromatic N) is 1. The summed E-state index contributed by atoms with van der Waals surface area (Å²) in [6.45, 7) is 4.42. The third kappa shape index (κ3) is 3.58. The van der Waals surface area contributed by atoms with Crippen molar-refractivity contribution in [2.24, 2.45) is 11.7 Å². The number of hydrogen-bond acceptors (Lipinski definition) is 2. The standard InChI is InChI=1S/C16H30N2/c1-2-14-10-11-18(16(12-14)13-17)15-8-6-4-3-5-7-9-15/h6,8,14-16H,2-5,7,9-13,17H2,1H3/b8-6+. The lowest BCUT2D eigenvalue weighted by molar-refractivity contribution is 0.0834. The fourth-order valence-electron chi connectivity index (χ4n) is 3.61. The number of likely N-dealkylation sites (tertiary alicyclic amines) is 1. The van der Waals surface area contributed by atoms with Crippen LogP contribution in [0.15, 0.2) is 12.2 Å². The molecule has 1 aliphatic carbocycles. The van der Waals surface area contributed by atoms with Crippen LogP contribution in [0, 0.1) is 5.92 Å². The highest BCUT2D eigenvalue weighted by Crippen LogP contribution is 2.29. The van der Waals surface area contributed by atoms with Crippen molar-refractivity contribution in [3.8, 4) is 0 Å². The Kier molecular flexibility index (Phi) is 5.71. The van der Waals surface area contributed by atoms with Gasteiger partial charge in [0, 0.05) is 18.6 Å². The third-order valence-corrected chi connectivity index (χ3v) is 4.87. The van der Waals surface area contributed by atoms with E-state index in [9.17, 15) is 0 Å². The van der Waals surface area contributed by atoms with E-state index in [0.717, 1.165) is 12.5 Å². The average molecular weight is 250 g/mol. The SMILES string of the molecule is CCC1CCN(C2/C=C/CCCCC2)C(CN)C1. The van der Waals surface area contributed by atoms with Gasteiger partial charge in [-0.1, -0.05) is 38.3 Å². The Bertz CT molecular complexity index is 262. The Hall–Kier alpha value is -0.340. The monoisotopic (exact) mass is 250 g/mol. The smallest absolute Gasteiger partial charge is 0.0281 e. The van der Waals surface area contributed by atoms with Crippen LogP contribution in [0.5, 0.6) is 0 Å². The molecule has 0 saturated carbocycles. The average Bonchev–Trinajstić information content (AvgIpc) is 2.38. The topological polar surface area (TPSA) is 29.3 Å². The van der Waals surface area contributed by atoms with E-state index in [1.165, 1.54) is 57.9 Å². The minimum absolute atomic E-state index is 0.623. The summed E-state index contributed by atoms with van der Waals surface area (Å²) in [5.41, 5.74) is 6.02. The largest absolute Gasteiger partial charge is 0.329 e. The zero-order valence-corrected chi connectivity index (χ0v) is 12.0. The van der Waals surface area contributed by atoms with Crippen molar-refractivity contribution < 1.29 is 0 Å². The van der Waals surface area contributed by atoms with Crippen molar-refractivity contribution in [3.63, 3.8) is 0 Å². The van der Waals surface area contributed by atoms with E-state index < -0.39 is 0 Å². The van der Waals surface area contributed by atoms with Crippen molar-refractivity contribution in [1.82, 2.24) is 4.90 Å². The molecule has 1 heterocycles. The maximum Gasteiger partial charge on any atom is 0.0281 e. The van der Waals surface area contributed by atoms with Crippen molar-refractivity contribution in [2.75, 3.05) is 13.1 Å². The number of nitrogens with two attached hydrogens (primary N) is 1. The predicted molar refractivity (Wildman–Crippen MR) is 78.6 cm³/mol.